The molecule has 0 saturated heterocycles. The Morgan fingerprint density at radius 1 is 1.75 bits per heavy atom. The first-order valence-corrected chi connectivity index (χ1v) is 5.62. The number of nitrogens with zero attached hydrogens (tertiary/aromatic N) is 1. The molecule has 1 N–H and O–H groups in total. The molecule has 2 nitrogen and oxygen atoms in total. The summed E-state index contributed by atoms with van der Waals surface area (Å²) in [4.78, 5) is 4.34. The lowest BCUT2D eigenvalue weighted by Crippen LogP contribution is -2.22. The molecule has 12 heavy (non-hydrogen) atoms. The van der Waals surface area contributed by atoms with Crippen LogP contribution in [0.2, 0.25) is 0 Å². The average molecular weight is 248 g/mol. The Kier molecular flexibility index (Phi) is 2.01. The molecule has 1 fully saturated rings. The van der Waals surface area contributed by atoms with Gasteiger partial charge in [0.15, 0.2) is 3.92 Å². The fourth-order valence-electron chi connectivity index (χ4n) is 1.50. The van der Waals surface area contributed by atoms with E-state index in [0.717, 1.165) is 22.5 Å². The summed E-state index contributed by atoms with van der Waals surface area (Å²) in [5, 5.41) is 11.6. The molecule has 4 heteroatoms. The van der Waals surface area contributed by atoms with E-state index in [9.17, 15) is 5.11 Å². The number of halogens is 1. The molecule has 1 atom stereocenters. The summed E-state index contributed by atoms with van der Waals surface area (Å²) in [5.74, 6) is 0. The van der Waals surface area contributed by atoms with Crippen LogP contribution in [0.4, 0.5) is 0 Å². The number of rotatable bonds is 2. The standard InChI is InChI=1S/C8H10BrNOS/c1-5(11)8(2-3-8)6-4-12-7(9)10-6/h4-5,11H,2-3H2,1H3. The minimum absolute atomic E-state index is 0.0114. The van der Waals surface area contributed by atoms with Crippen LogP contribution in [0.15, 0.2) is 9.30 Å². The Morgan fingerprint density at radius 3 is 2.75 bits per heavy atom. The summed E-state index contributed by atoms with van der Waals surface area (Å²) in [6.07, 6.45) is 1.87. The zero-order valence-corrected chi connectivity index (χ0v) is 9.15. The fourth-order valence-corrected chi connectivity index (χ4v) is 2.62. The maximum atomic E-state index is 9.55. The van der Waals surface area contributed by atoms with Crippen molar-refractivity contribution in [3.8, 4) is 0 Å². The third-order valence-electron chi connectivity index (χ3n) is 2.57. The van der Waals surface area contributed by atoms with E-state index in [4.69, 9.17) is 0 Å². The molecule has 1 unspecified atom stereocenters. The topological polar surface area (TPSA) is 33.1 Å². The zero-order chi connectivity index (χ0) is 8.77. The highest BCUT2D eigenvalue weighted by atomic mass is 79.9. The number of thiazole rings is 1. The Balaban J connectivity index is 2.30. The molecule has 1 aliphatic carbocycles. The van der Waals surface area contributed by atoms with Crippen LogP contribution in [0.1, 0.15) is 25.5 Å². The normalized spacial score (nSPS) is 22.2. The van der Waals surface area contributed by atoms with Gasteiger partial charge in [-0.15, -0.1) is 11.3 Å². The fraction of sp³-hybridized carbons (Fsp3) is 0.625. The van der Waals surface area contributed by atoms with Crippen molar-refractivity contribution >= 4 is 27.3 Å². The minimum Gasteiger partial charge on any atom is -0.392 e. The Labute approximate surface area is 83.8 Å². The van der Waals surface area contributed by atoms with E-state index in [1.165, 1.54) is 0 Å². The van der Waals surface area contributed by atoms with Crippen LogP contribution in [0.25, 0.3) is 0 Å². The molecular weight excluding hydrogens is 238 g/mol. The molecular formula is C8H10BrNOS. The van der Waals surface area contributed by atoms with E-state index >= 15 is 0 Å². The van der Waals surface area contributed by atoms with E-state index in [2.05, 4.69) is 20.9 Å². The lowest BCUT2D eigenvalue weighted by atomic mass is 9.97. The van der Waals surface area contributed by atoms with E-state index in [0.29, 0.717) is 0 Å². The molecule has 0 radical (unpaired) electrons. The average Bonchev–Trinajstić information content (AvgIpc) is 2.71. The Hall–Kier alpha value is 0.0700. The van der Waals surface area contributed by atoms with Crippen molar-refractivity contribution in [1.29, 1.82) is 0 Å². The molecule has 0 spiro atoms. The Bertz CT molecular complexity index is 293. The van der Waals surface area contributed by atoms with Crippen molar-refractivity contribution in [3.05, 3.63) is 15.0 Å². The maximum absolute atomic E-state index is 9.55. The summed E-state index contributed by atoms with van der Waals surface area (Å²) >= 11 is 4.91. The van der Waals surface area contributed by atoms with Crippen molar-refractivity contribution in [2.45, 2.75) is 31.3 Å². The second-order valence-electron chi connectivity index (χ2n) is 3.32. The summed E-state index contributed by atoms with van der Waals surface area (Å²) < 4.78 is 0.907. The second-order valence-corrected chi connectivity index (χ2v) is 5.45. The van der Waals surface area contributed by atoms with E-state index in [1.807, 2.05) is 12.3 Å². The summed E-state index contributed by atoms with van der Waals surface area (Å²) in [6, 6.07) is 0. The van der Waals surface area contributed by atoms with Gasteiger partial charge in [-0.2, -0.15) is 0 Å². The lowest BCUT2D eigenvalue weighted by Gasteiger charge is -2.15. The van der Waals surface area contributed by atoms with Gasteiger partial charge in [0.05, 0.1) is 11.8 Å². The number of aliphatic hydroxyl groups excluding tert-OH is 1. The van der Waals surface area contributed by atoms with Gasteiger partial charge in [0.1, 0.15) is 0 Å². The van der Waals surface area contributed by atoms with Crippen LogP contribution in [-0.4, -0.2) is 16.2 Å². The predicted octanol–water partition coefficient (Wildman–Crippen LogP) is 2.32. The molecule has 1 heterocycles. The van der Waals surface area contributed by atoms with Crippen LogP contribution >= 0.6 is 27.3 Å². The number of hydrogen-bond acceptors (Lipinski definition) is 3. The van der Waals surface area contributed by atoms with Gasteiger partial charge < -0.3 is 5.11 Å². The largest absolute Gasteiger partial charge is 0.392 e. The lowest BCUT2D eigenvalue weighted by molar-refractivity contribution is 0.149. The van der Waals surface area contributed by atoms with Gasteiger partial charge in [0.2, 0.25) is 0 Å². The molecule has 1 aliphatic rings. The van der Waals surface area contributed by atoms with Crippen molar-refractivity contribution in [3.63, 3.8) is 0 Å². The third kappa shape index (κ3) is 1.22. The molecule has 0 aliphatic heterocycles. The molecule has 1 aromatic rings. The molecule has 66 valence electrons. The third-order valence-corrected chi connectivity index (χ3v) is 3.94. The number of hydrogen-bond donors (Lipinski definition) is 1. The Morgan fingerprint density at radius 2 is 2.42 bits per heavy atom. The highest BCUT2D eigenvalue weighted by Gasteiger charge is 2.50. The van der Waals surface area contributed by atoms with Crippen LogP contribution in [-0.2, 0) is 5.41 Å². The monoisotopic (exact) mass is 247 g/mol. The minimum atomic E-state index is -0.272. The first-order valence-electron chi connectivity index (χ1n) is 3.95. The molecule has 1 aromatic heterocycles. The van der Waals surface area contributed by atoms with Gasteiger partial charge in [-0.05, 0) is 35.7 Å². The quantitative estimate of drug-likeness (QED) is 0.871. The molecule has 0 amide bonds. The van der Waals surface area contributed by atoms with Crippen LogP contribution in [0, 0.1) is 0 Å². The van der Waals surface area contributed by atoms with Crippen LogP contribution in [0.5, 0.6) is 0 Å². The smallest absolute Gasteiger partial charge is 0.159 e. The number of aromatic nitrogens is 1. The highest BCUT2D eigenvalue weighted by Crippen LogP contribution is 2.51. The van der Waals surface area contributed by atoms with Gasteiger partial charge in [0.25, 0.3) is 0 Å². The van der Waals surface area contributed by atoms with Crippen LogP contribution < -0.4 is 0 Å². The first-order chi connectivity index (χ1) is 5.65. The maximum Gasteiger partial charge on any atom is 0.159 e. The van der Waals surface area contributed by atoms with E-state index in [1.54, 1.807) is 11.3 Å². The van der Waals surface area contributed by atoms with Crippen LogP contribution in [0.3, 0.4) is 0 Å². The van der Waals surface area contributed by atoms with E-state index < -0.39 is 0 Å². The predicted molar refractivity (Wildman–Crippen MR) is 52.4 cm³/mol. The summed E-state index contributed by atoms with van der Waals surface area (Å²) in [7, 11) is 0. The van der Waals surface area contributed by atoms with Gasteiger partial charge in [0, 0.05) is 10.8 Å². The second kappa shape index (κ2) is 2.79. The van der Waals surface area contributed by atoms with Crippen molar-refractivity contribution < 1.29 is 5.11 Å². The van der Waals surface area contributed by atoms with Crippen molar-refractivity contribution in [2.75, 3.05) is 0 Å². The molecule has 2 rings (SSSR count). The summed E-state index contributed by atoms with van der Waals surface area (Å²) in [5.41, 5.74) is 1.04. The molecule has 1 saturated carbocycles. The van der Waals surface area contributed by atoms with Gasteiger partial charge in [-0.1, -0.05) is 0 Å². The molecule has 0 aromatic carbocycles. The van der Waals surface area contributed by atoms with Gasteiger partial charge in [-0.25, -0.2) is 4.98 Å². The van der Waals surface area contributed by atoms with Crippen molar-refractivity contribution in [1.82, 2.24) is 4.98 Å². The first kappa shape index (κ1) is 8.66. The van der Waals surface area contributed by atoms with Gasteiger partial charge >= 0.3 is 0 Å². The SMILES string of the molecule is CC(O)C1(c2csc(Br)n2)CC1. The van der Waals surface area contributed by atoms with Crippen molar-refractivity contribution in [2.24, 2.45) is 0 Å². The summed E-state index contributed by atoms with van der Waals surface area (Å²) in [6.45, 7) is 1.85. The molecule has 0 bridgehead atoms. The van der Waals surface area contributed by atoms with Gasteiger partial charge in [-0.3, -0.25) is 0 Å². The number of aliphatic hydroxyl groups is 1. The van der Waals surface area contributed by atoms with E-state index in [-0.39, 0.29) is 11.5 Å². The highest BCUT2D eigenvalue weighted by molar-refractivity contribution is 9.11. The zero-order valence-electron chi connectivity index (χ0n) is 6.75.